The summed E-state index contributed by atoms with van der Waals surface area (Å²) in [7, 11) is 0. The molecule has 0 saturated heterocycles. The van der Waals surface area contributed by atoms with Gasteiger partial charge in [-0.2, -0.15) is 10.2 Å². The Kier molecular flexibility index (Phi) is 9.10. The van der Waals surface area contributed by atoms with Gasteiger partial charge in [-0.15, -0.1) is 24.0 Å². The van der Waals surface area contributed by atoms with E-state index in [2.05, 4.69) is 55.4 Å². The van der Waals surface area contributed by atoms with Crippen LogP contribution in [0.3, 0.4) is 0 Å². The van der Waals surface area contributed by atoms with Crippen LogP contribution in [-0.2, 0) is 13.1 Å². The molecule has 0 fully saturated rings. The summed E-state index contributed by atoms with van der Waals surface area (Å²) >= 11 is 0. The van der Waals surface area contributed by atoms with Gasteiger partial charge in [-0.1, -0.05) is 0 Å². The lowest BCUT2D eigenvalue weighted by Crippen LogP contribution is -2.38. The third-order valence-corrected chi connectivity index (χ3v) is 4.26. The number of hydrogen-bond acceptors (Lipinski definition) is 4. The van der Waals surface area contributed by atoms with Crippen LogP contribution in [0.1, 0.15) is 30.3 Å². The van der Waals surface area contributed by atoms with E-state index in [-0.39, 0.29) is 24.0 Å². The number of pyridine rings is 1. The van der Waals surface area contributed by atoms with Gasteiger partial charge in [-0.25, -0.2) is 14.7 Å². The maximum absolute atomic E-state index is 4.69. The number of aromatic nitrogens is 5. The highest BCUT2D eigenvalue weighted by atomic mass is 127. The van der Waals surface area contributed by atoms with Crippen molar-refractivity contribution in [3.8, 4) is 5.82 Å². The molecule has 3 heterocycles. The van der Waals surface area contributed by atoms with E-state index in [1.54, 1.807) is 17.1 Å². The minimum Gasteiger partial charge on any atom is -0.357 e. The lowest BCUT2D eigenvalue weighted by molar-refractivity contribution is 0.555. The standard InChI is InChI=1S/C20H28N8.HI/c1-4-21-20(23-8-5-11-27-17(3)13-16(2)26-27)24-15-18-7-10-22-19(14-18)28-12-6-9-25-28;/h6-7,9-10,12-14H,4-5,8,11,15H2,1-3H3,(H2,21,23,24);1H. The highest BCUT2D eigenvalue weighted by molar-refractivity contribution is 14.0. The van der Waals surface area contributed by atoms with Crippen molar-refractivity contribution in [2.75, 3.05) is 13.1 Å². The molecule has 0 unspecified atom stereocenters. The van der Waals surface area contributed by atoms with Crippen molar-refractivity contribution >= 4 is 29.9 Å². The minimum atomic E-state index is 0. The zero-order valence-electron chi connectivity index (χ0n) is 17.2. The average Bonchev–Trinajstić information content (AvgIpc) is 3.33. The maximum atomic E-state index is 4.69. The summed E-state index contributed by atoms with van der Waals surface area (Å²) in [5, 5.41) is 15.4. The minimum absolute atomic E-state index is 0. The predicted molar refractivity (Wildman–Crippen MR) is 126 cm³/mol. The van der Waals surface area contributed by atoms with E-state index in [0.717, 1.165) is 49.1 Å². The van der Waals surface area contributed by atoms with Crippen LogP contribution in [0.15, 0.2) is 47.8 Å². The smallest absolute Gasteiger partial charge is 0.191 e. The second-order valence-corrected chi connectivity index (χ2v) is 6.60. The largest absolute Gasteiger partial charge is 0.357 e. The molecular formula is C20H29IN8. The topological polar surface area (TPSA) is 85.0 Å². The van der Waals surface area contributed by atoms with Crippen LogP contribution < -0.4 is 10.6 Å². The van der Waals surface area contributed by atoms with Gasteiger partial charge >= 0.3 is 0 Å². The van der Waals surface area contributed by atoms with Gasteiger partial charge in [0.1, 0.15) is 0 Å². The van der Waals surface area contributed by atoms with Gasteiger partial charge in [-0.05, 0) is 57.0 Å². The van der Waals surface area contributed by atoms with Gasteiger partial charge in [0.15, 0.2) is 11.8 Å². The Balaban J connectivity index is 0.00000300. The van der Waals surface area contributed by atoms with Crippen LogP contribution in [-0.4, -0.2) is 43.6 Å². The van der Waals surface area contributed by atoms with E-state index in [4.69, 9.17) is 0 Å². The fourth-order valence-electron chi connectivity index (χ4n) is 2.94. The Morgan fingerprint density at radius 3 is 2.72 bits per heavy atom. The summed E-state index contributed by atoms with van der Waals surface area (Å²) in [5.41, 5.74) is 3.34. The highest BCUT2D eigenvalue weighted by Crippen LogP contribution is 2.07. The summed E-state index contributed by atoms with van der Waals surface area (Å²) in [6, 6.07) is 7.96. The van der Waals surface area contributed by atoms with Crippen LogP contribution in [0.25, 0.3) is 5.82 Å². The first-order chi connectivity index (χ1) is 13.7. The lowest BCUT2D eigenvalue weighted by Gasteiger charge is -2.12. The van der Waals surface area contributed by atoms with E-state index in [1.807, 2.05) is 31.3 Å². The third kappa shape index (κ3) is 6.84. The molecule has 0 aliphatic heterocycles. The van der Waals surface area contributed by atoms with E-state index < -0.39 is 0 Å². The number of rotatable bonds is 8. The van der Waals surface area contributed by atoms with Crippen LogP contribution in [0.4, 0.5) is 0 Å². The number of nitrogens with zero attached hydrogens (tertiary/aromatic N) is 6. The van der Waals surface area contributed by atoms with Crippen molar-refractivity contribution in [2.24, 2.45) is 4.99 Å². The van der Waals surface area contributed by atoms with Gasteiger partial charge < -0.3 is 10.6 Å². The van der Waals surface area contributed by atoms with Crippen molar-refractivity contribution in [3.05, 3.63) is 59.8 Å². The predicted octanol–water partition coefficient (Wildman–Crippen LogP) is 2.84. The molecule has 2 N–H and O–H groups in total. The molecule has 156 valence electrons. The van der Waals surface area contributed by atoms with Crippen LogP contribution in [0.5, 0.6) is 0 Å². The molecule has 3 aromatic rings. The molecule has 0 radical (unpaired) electrons. The van der Waals surface area contributed by atoms with E-state index in [1.165, 1.54) is 5.69 Å². The summed E-state index contributed by atoms with van der Waals surface area (Å²) in [4.78, 5) is 9.04. The third-order valence-electron chi connectivity index (χ3n) is 4.26. The normalized spacial score (nSPS) is 11.2. The molecule has 3 aromatic heterocycles. The first kappa shape index (κ1) is 22.9. The van der Waals surface area contributed by atoms with Crippen LogP contribution in [0.2, 0.25) is 0 Å². The Morgan fingerprint density at radius 1 is 1.17 bits per heavy atom. The summed E-state index contributed by atoms with van der Waals surface area (Å²) in [6.45, 7) is 9.29. The molecule has 0 bridgehead atoms. The van der Waals surface area contributed by atoms with Gasteiger partial charge in [0.05, 0.1) is 12.2 Å². The Hall–Kier alpha value is -2.43. The molecule has 3 rings (SSSR count). The van der Waals surface area contributed by atoms with Gasteiger partial charge in [0, 0.05) is 43.9 Å². The number of hydrogen-bond donors (Lipinski definition) is 2. The number of aryl methyl sites for hydroxylation is 3. The second kappa shape index (κ2) is 11.5. The van der Waals surface area contributed by atoms with Crippen molar-refractivity contribution in [1.29, 1.82) is 0 Å². The zero-order chi connectivity index (χ0) is 19.8. The average molecular weight is 508 g/mol. The van der Waals surface area contributed by atoms with Gasteiger partial charge in [-0.3, -0.25) is 4.68 Å². The number of guanidine groups is 1. The zero-order valence-corrected chi connectivity index (χ0v) is 19.5. The van der Waals surface area contributed by atoms with Gasteiger partial charge in [0.25, 0.3) is 0 Å². The fourth-order valence-corrected chi connectivity index (χ4v) is 2.94. The molecule has 9 heteroatoms. The first-order valence-electron chi connectivity index (χ1n) is 9.64. The summed E-state index contributed by atoms with van der Waals surface area (Å²) in [5.74, 6) is 1.61. The summed E-state index contributed by atoms with van der Waals surface area (Å²) < 4.78 is 3.80. The molecule has 29 heavy (non-hydrogen) atoms. The lowest BCUT2D eigenvalue weighted by atomic mass is 10.2. The molecule has 0 aromatic carbocycles. The molecule has 0 spiro atoms. The number of halogens is 1. The molecule has 0 atom stereocenters. The molecule has 0 saturated carbocycles. The van der Waals surface area contributed by atoms with Crippen molar-refractivity contribution in [2.45, 2.75) is 40.3 Å². The first-order valence-corrected chi connectivity index (χ1v) is 9.64. The van der Waals surface area contributed by atoms with E-state index in [0.29, 0.717) is 6.54 Å². The Morgan fingerprint density at radius 2 is 2.03 bits per heavy atom. The number of nitrogens with one attached hydrogen (secondary N) is 2. The van der Waals surface area contributed by atoms with Crippen LogP contribution in [0, 0.1) is 13.8 Å². The molecule has 0 amide bonds. The summed E-state index contributed by atoms with van der Waals surface area (Å²) in [6.07, 6.45) is 6.39. The molecular weight excluding hydrogens is 479 g/mol. The van der Waals surface area contributed by atoms with Crippen LogP contribution >= 0.6 is 24.0 Å². The monoisotopic (exact) mass is 508 g/mol. The Bertz CT molecular complexity index is 901. The van der Waals surface area contributed by atoms with E-state index in [9.17, 15) is 0 Å². The maximum Gasteiger partial charge on any atom is 0.191 e. The SMILES string of the molecule is CCNC(=NCc1ccnc(-n2cccn2)c1)NCCCn1nc(C)cc1C.I. The quantitative estimate of drug-likeness (QED) is 0.212. The van der Waals surface area contributed by atoms with Crippen molar-refractivity contribution in [3.63, 3.8) is 0 Å². The molecule has 0 aliphatic carbocycles. The Labute approximate surface area is 188 Å². The van der Waals surface area contributed by atoms with Crippen molar-refractivity contribution in [1.82, 2.24) is 35.2 Å². The molecule has 8 nitrogen and oxygen atoms in total. The second-order valence-electron chi connectivity index (χ2n) is 6.60. The highest BCUT2D eigenvalue weighted by Gasteiger charge is 2.03. The number of aliphatic imine (C=N–C) groups is 1. The van der Waals surface area contributed by atoms with Crippen molar-refractivity contribution < 1.29 is 0 Å². The molecule has 0 aliphatic rings. The van der Waals surface area contributed by atoms with E-state index >= 15 is 0 Å². The fraction of sp³-hybridized carbons (Fsp3) is 0.400. The van der Waals surface area contributed by atoms with Gasteiger partial charge in [0.2, 0.25) is 0 Å².